The first kappa shape index (κ1) is 13.7. The number of nitrogens with two attached hydrogens (primary N) is 1. The third kappa shape index (κ3) is 2.79. The van der Waals surface area contributed by atoms with E-state index in [2.05, 4.69) is 35.9 Å². The Hall–Kier alpha value is -0.770. The van der Waals surface area contributed by atoms with E-state index in [1.165, 1.54) is 0 Å². The molecule has 100 valence electrons. The Balaban J connectivity index is 2.23. The van der Waals surface area contributed by atoms with Crippen molar-refractivity contribution in [1.82, 2.24) is 4.90 Å². The quantitative estimate of drug-likeness (QED) is 0.894. The van der Waals surface area contributed by atoms with Crippen molar-refractivity contribution in [3.63, 3.8) is 0 Å². The standard InChI is InChI=1S/C14H22ClN3/c1-10-9-17(3)6-7-18(10)14-5-4-12(11(2)16)8-13(14)15/h4-5,8,10-11H,6-7,9,16H2,1-3H3/t10?,11-/m1/s1. The fourth-order valence-corrected chi connectivity index (χ4v) is 2.83. The molecule has 1 aliphatic rings. The monoisotopic (exact) mass is 267 g/mol. The maximum atomic E-state index is 6.40. The minimum absolute atomic E-state index is 0.0291. The number of benzene rings is 1. The van der Waals surface area contributed by atoms with Gasteiger partial charge in [-0.2, -0.15) is 0 Å². The molecule has 1 aliphatic heterocycles. The van der Waals surface area contributed by atoms with Crippen molar-refractivity contribution in [2.75, 3.05) is 31.6 Å². The Morgan fingerprint density at radius 3 is 2.67 bits per heavy atom. The van der Waals surface area contributed by atoms with Gasteiger partial charge in [0.25, 0.3) is 0 Å². The zero-order chi connectivity index (χ0) is 13.3. The predicted octanol–water partition coefficient (Wildman–Crippen LogP) is 2.50. The lowest BCUT2D eigenvalue weighted by Crippen LogP contribution is -2.50. The van der Waals surface area contributed by atoms with Crippen LogP contribution < -0.4 is 10.6 Å². The molecule has 0 bridgehead atoms. The molecular formula is C14H22ClN3. The molecule has 0 spiro atoms. The van der Waals surface area contributed by atoms with E-state index in [1.807, 2.05) is 13.0 Å². The first-order chi connectivity index (χ1) is 8.49. The summed E-state index contributed by atoms with van der Waals surface area (Å²) in [5, 5.41) is 0.807. The van der Waals surface area contributed by atoms with Crippen LogP contribution in [-0.4, -0.2) is 37.6 Å². The van der Waals surface area contributed by atoms with Gasteiger partial charge in [0.1, 0.15) is 0 Å². The molecule has 0 radical (unpaired) electrons. The largest absolute Gasteiger partial charge is 0.365 e. The Kier molecular flexibility index (Phi) is 4.15. The predicted molar refractivity (Wildman–Crippen MR) is 78.4 cm³/mol. The van der Waals surface area contributed by atoms with Gasteiger partial charge < -0.3 is 15.5 Å². The van der Waals surface area contributed by atoms with E-state index >= 15 is 0 Å². The number of hydrogen-bond acceptors (Lipinski definition) is 3. The van der Waals surface area contributed by atoms with Gasteiger partial charge in [0.2, 0.25) is 0 Å². The van der Waals surface area contributed by atoms with Crippen molar-refractivity contribution < 1.29 is 0 Å². The van der Waals surface area contributed by atoms with Crippen molar-refractivity contribution in [1.29, 1.82) is 0 Å². The van der Waals surface area contributed by atoms with Crippen LogP contribution >= 0.6 is 11.6 Å². The van der Waals surface area contributed by atoms with Crippen LogP contribution in [0.5, 0.6) is 0 Å². The van der Waals surface area contributed by atoms with Crippen LogP contribution in [0.25, 0.3) is 0 Å². The average Bonchev–Trinajstić information content (AvgIpc) is 2.30. The van der Waals surface area contributed by atoms with E-state index in [1.54, 1.807) is 0 Å². The van der Waals surface area contributed by atoms with E-state index in [4.69, 9.17) is 17.3 Å². The molecule has 0 amide bonds. The van der Waals surface area contributed by atoms with Gasteiger partial charge in [0.15, 0.2) is 0 Å². The molecule has 4 heteroatoms. The molecule has 2 N–H and O–H groups in total. The highest BCUT2D eigenvalue weighted by Crippen LogP contribution is 2.30. The van der Waals surface area contributed by atoms with Gasteiger partial charge in [0, 0.05) is 31.7 Å². The van der Waals surface area contributed by atoms with Crippen LogP contribution in [0.4, 0.5) is 5.69 Å². The van der Waals surface area contributed by atoms with Crippen molar-refractivity contribution in [2.24, 2.45) is 5.73 Å². The molecule has 0 aliphatic carbocycles. The summed E-state index contributed by atoms with van der Waals surface area (Å²) in [6.45, 7) is 7.39. The topological polar surface area (TPSA) is 32.5 Å². The molecule has 3 nitrogen and oxygen atoms in total. The molecule has 1 fully saturated rings. The SMILES string of the molecule is CC1CN(C)CCN1c1ccc([C@@H](C)N)cc1Cl. The highest BCUT2D eigenvalue weighted by atomic mass is 35.5. The molecule has 2 rings (SSSR count). The van der Waals surface area contributed by atoms with Gasteiger partial charge in [-0.25, -0.2) is 0 Å². The summed E-state index contributed by atoms with van der Waals surface area (Å²) < 4.78 is 0. The Bertz CT molecular complexity index is 420. The normalized spacial score (nSPS) is 23.2. The zero-order valence-electron chi connectivity index (χ0n) is 11.4. The summed E-state index contributed by atoms with van der Waals surface area (Å²) in [6.07, 6.45) is 0. The van der Waals surface area contributed by atoms with E-state index in [9.17, 15) is 0 Å². The van der Waals surface area contributed by atoms with Gasteiger partial charge in [0.05, 0.1) is 10.7 Å². The maximum absolute atomic E-state index is 6.40. The smallest absolute Gasteiger partial charge is 0.0643 e. The third-order valence-electron chi connectivity index (χ3n) is 3.64. The molecule has 1 unspecified atom stereocenters. The van der Waals surface area contributed by atoms with Gasteiger partial charge in [-0.3, -0.25) is 0 Å². The lowest BCUT2D eigenvalue weighted by molar-refractivity contribution is 0.275. The maximum Gasteiger partial charge on any atom is 0.0643 e. The fourth-order valence-electron chi connectivity index (χ4n) is 2.54. The molecule has 1 saturated heterocycles. The number of hydrogen-bond donors (Lipinski definition) is 1. The number of likely N-dealkylation sites (N-methyl/N-ethyl adjacent to an activating group) is 1. The number of anilines is 1. The Morgan fingerprint density at radius 2 is 2.11 bits per heavy atom. The average molecular weight is 268 g/mol. The van der Waals surface area contributed by atoms with E-state index in [0.29, 0.717) is 6.04 Å². The second-order valence-corrected chi connectivity index (χ2v) is 5.71. The second kappa shape index (κ2) is 5.47. The molecular weight excluding hydrogens is 246 g/mol. The Labute approximate surface area is 115 Å². The zero-order valence-corrected chi connectivity index (χ0v) is 12.1. The van der Waals surface area contributed by atoms with E-state index in [-0.39, 0.29) is 6.04 Å². The fraction of sp³-hybridized carbons (Fsp3) is 0.571. The van der Waals surface area contributed by atoms with E-state index < -0.39 is 0 Å². The van der Waals surface area contributed by atoms with E-state index in [0.717, 1.165) is 35.9 Å². The minimum atomic E-state index is 0.0291. The number of nitrogens with zero attached hydrogens (tertiary/aromatic N) is 2. The third-order valence-corrected chi connectivity index (χ3v) is 3.94. The summed E-state index contributed by atoms with van der Waals surface area (Å²) in [4.78, 5) is 4.73. The summed E-state index contributed by atoms with van der Waals surface area (Å²) in [7, 11) is 2.16. The van der Waals surface area contributed by atoms with Crippen molar-refractivity contribution in [3.8, 4) is 0 Å². The van der Waals surface area contributed by atoms with Gasteiger partial charge in [-0.1, -0.05) is 17.7 Å². The Morgan fingerprint density at radius 1 is 1.39 bits per heavy atom. The van der Waals surface area contributed by atoms with Crippen molar-refractivity contribution >= 4 is 17.3 Å². The lowest BCUT2D eigenvalue weighted by atomic mass is 10.1. The summed E-state index contributed by atoms with van der Waals surface area (Å²) in [6, 6.07) is 6.69. The summed E-state index contributed by atoms with van der Waals surface area (Å²) >= 11 is 6.40. The summed E-state index contributed by atoms with van der Waals surface area (Å²) in [5.41, 5.74) is 8.09. The second-order valence-electron chi connectivity index (χ2n) is 5.30. The minimum Gasteiger partial charge on any atom is -0.365 e. The highest BCUT2D eigenvalue weighted by molar-refractivity contribution is 6.33. The van der Waals surface area contributed by atoms with Crippen LogP contribution in [0.1, 0.15) is 25.5 Å². The van der Waals surface area contributed by atoms with Crippen molar-refractivity contribution in [3.05, 3.63) is 28.8 Å². The number of halogens is 1. The first-order valence-electron chi connectivity index (χ1n) is 6.49. The lowest BCUT2D eigenvalue weighted by Gasteiger charge is -2.40. The van der Waals surface area contributed by atoms with Gasteiger partial charge in [-0.15, -0.1) is 0 Å². The molecule has 0 saturated carbocycles. The van der Waals surface area contributed by atoms with Crippen LogP contribution in [0.3, 0.4) is 0 Å². The number of piperazine rings is 1. The molecule has 1 aromatic carbocycles. The van der Waals surface area contributed by atoms with Crippen molar-refractivity contribution in [2.45, 2.75) is 25.9 Å². The van der Waals surface area contributed by atoms with Gasteiger partial charge >= 0.3 is 0 Å². The molecule has 1 aromatic rings. The molecule has 1 heterocycles. The number of rotatable bonds is 2. The van der Waals surface area contributed by atoms with Crippen LogP contribution in [0.15, 0.2) is 18.2 Å². The molecule has 18 heavy (non-hydrogen) atoms. The van der Waals surface area contributed by atoms with Crippen LogP contribution in [-0.2, 0) is 0 Å². The highest BCUT2D eigenvalue weighted by Gasteiger charge is 2.23. The molecule has 0 aromatic heterocycles. The summed E-state index contributed by atoms with van der Waals surface area (Å²) in [5.74, 6) is 0. The molecule has 2 atom stereocenters. The first-order valence-corrected chi connectivity index (χ1v) is 6.87. The van der Waals surface area contributed by atoms with Crippen LogP contribution in [0.2, 0.25) is 5.02 Å². The van der Waals surface area contributed by atoms with Gasteiger partial charge in [-0.05, 0) is 38.6 Å². The van der Waals surface area contributed by atoms with Crippen LogP contribution in [0, 0.1) is 0 Å².